The van der Waals surface area contributed by atoms with Crippen LogP contribution in [0.3, 0.4) is 0 Å². The molecule has 1 aliphatic heterocycles. The number of β-lactam (4-membered cyclic amide) rings is 1. The Kier molecular flexibility index (Phi) is 6.34. The monoisotopic (exact) mass is 450 g/mol. The predicted molar refractivity (Wildman–Crippen MR) is 94.3 cm³/mol. The van der Waals surface area contributed by atoms with Crippen LogP contribution >= 0.6 is 11.3 Å². The smallest absolute Gasteiger partial charge is 0.363 e. The summed E-state index contributed by atoms with van der Waals surface area (Å²) in [6.45, 7) is -0.680. The number of primary amides is 1. The number of hydrogen-bond donors (Lipinski definition) is 4. The number of nitrogens with zero attached hydrogens (tertiary/aromatic N) is 3. The van der Waals surface area contributed by atoms with Gasteiger partial charge in [-0.1, -0.05) is 5.16 Å². The van der Waals surface area contributed by atoms with Crippen LogP contribution in [0, 0.1) is 0 Å². The molecule has 0 aliphatic carbocycles. The van der Waals surface area contributed by atoms with Gasteiger partial charge < -0.3 is 26.4 Å². The molecule has 0 bridgehead atoms. The molecule has 2 heterocycles. The van der Waals surface area contributed by atoms with Gasteiger partial charge in [-0.25, -0.2) is 9.78 Å². The first-order valence-electron chi connectivity index (χ1n) is 7.36. The average molecular weight is 450 g/mol. The number of carbonyl (C=O) groups is 4. The fourth-order valence-electron chi connectivity index (χ4n) is 2.18. The van der Waals surface area contributed by atoms with Gasteiger partial charge in [0.25, 0.3) is 17.7 Å². The summed E-state index contributed by atoms with van der Waals surface area (Å²) in [6.07, 6.45) is 0. The van der Waals surface area contributed by atoms with Crippen molar-refractivity contribution in [3.05, 3.63) is 11.1 Å². The summed E-state index contributed by atoms with van der Waals surface area (Å²) in [6, 6.07) is -3.55. The number of thiazole rings is 1. The van der Waals surface area contributed by atoms with Gasteiger partial charge in [0.1, 0.15) is 11.7 Å². The van der Waals surface area contributed by atoms with Crippen LogP contribution in [0.25, 0.3) is 0 Å². The van der Waals surface area contributed by atoms with Gasteiger partial charge in [-0.2, -0.15) is 12.7 Å². The molecule has 1 aromatic heterocycles. The molecule has 17 heteroatoms. The van der Waals surface area contributed by atoms with E-state index in [9.17, 15) is 27.6 Å². The SMILES string of the molecule is COC(=O)C1C(NC(=O)/C(=N\OCC(N)=O)c2csc(N)n2)C(=O)N1S(=O)(=O)O. The molecular weight excluding hydrogens is 436 g/mol. The highest BCUT2D eigenvalue weighted by atomic mass is 32.2. The lowest BCUT2D eigenvalue weighted by atomic mass is 9.98. The standard InChI is InChI=1S/C12H14N6O9S2/c1-26-11(22)8-7(10(21)18(8)29(23,24)25)16-9(20)6(17-27-2-5(13)19)4-3-28-12(14)15-4/h3,7-8H,2H2,1H3,(H2,13,19)(H2,14,15)(H,16,20)(H,23,24,25)/b17-6-. The molecule has 2 rings (SSSR count). The van der Waals surface area contributed by atoms with E-state index in [1.54, 1.807) is 0 Å². The molecule has 29 heavy (non-hydrogen) atoms. The fraction of sp³-hybridized carbons (Fsp3) is 0.333. The van der Waals surface area contributed by atoms with E-state index < -0.39 is 58.4 Å². The minimum atomic E-state index is -5.08. The lowest BCUT2D eigenvalue weighted by Gasteiger charge is -2.41. The van der Waals surface area contributed by atoms with E-state index in [0.29, 0.717) is 0 Å². The quantitative estimate of drug-likeness (QED) is 0.100. The van der Waals surface area contributed by atoms with Crippen LogP contribution in [0.5, 0.6) is 0 Å². The van der Waals surface area contributed by atoms with Crippen molar-refractivity contribution < 1.29 is 41.7 Å². The minimum Gasteiger partial charge on any atom is -0.467 e. The number of hydrogen-bond acceptors (Lipinski definition) is 12. The Morgan fingerprint density at radius 2 is 2.10 bits per heavy atom. The molecular formula is C12H14N6O9S2. The number of nitrogen functional groups attached to an aromatic ring is 1. The zero-order valence-corrected chi connectivity index (χ0v) is 16.1. The van der Waals surface area contributed by atoms with E-state index in [1.807, 2.05) is 0 Å². The second-order valence-corrected chi connectivity index (χ2v) is 7.46. The van der Waals surface area contributed by atoms with Crippen LogP contribution in [0.1, 0.15) is 5.69 Å². The van der Waals surface area contributed by atoms with Crippen LogP contribution in [-0.2, 0) is 39.1 Å². The molecule has 2 atom stereocenters. The zero-order valence-electron chi connectivity index (χ0n) is 14.5. The number of carbonyl (C=O) groups excluding carboxylic acids is 4. The van der Waals surface area contributed by atoms with Crippen molar-refractivity contribution in [2.75, 3.05) is 19.5 Å². The number of nitrogens with one attached hydrogen (secondary N) is 1. The average Bonchev–Trinajstić information content (AvgIpc) is 3.04. The van der Waals surface area contributed by atoms with Gasteiger partial charge in [0.15, 0.2) is 23.5 Å². The lowest BCUT2D eigenvalue weighted by molar-refractivity contribution is -0.162. The highest BCUT2D eigenvalue weighted by Crippen LogP contribution is 2.25. The number of methoxy groups -OCH3 is 1. The number of aromatic nitrogens is 1. The number of ether oxygens (including phenoxy) is 1. The number of rotatable bonds is 8. The van der Waals surface area contributed by atoms with Crippen LogP contribution in [0.15, 0.2) is 10.5 Å². The first kappa shape index (κ1) is 22.0. The van der Waals surface area contributed by atoms with Crippen molar-refractivity contribution in [3.8, 4) is 0 Å². The third-order valence-corrected chi connectivity index (χ3v) is 4.95. The Morgan fingerprint density at radius 3 is 2.59 bits per heavy atom. The van der Waals surface area contributed by atoms with Crippen LogP contribution < -0.4 is 16.8 Å². The van der Waals surface area contributed by atoms with Gasteiger partial charge >= 0.3 is 16.3 Å². The van der Waals surface area contributed by atoms with Crippen molar-refractivity contribution in [1.82, 2.24) is 14.6 Å². The Bertz CT molecular complexity index is 988. The van der Waals surface area contributed by atoms with Crippen LogP contribution in [0.4, 0.5) is 5.13 Å². The second kappa shape index (κ2) is 8.37. The van der Waals surface area contributed by atoms with Crippen LogP contribution in [0.2, 0.25) is 0 Å². The van der Waals surface area contributed by atoms with Crippen molar-refractivity contribution in [2.45, 2.75) is 12.1 Å². The molecule has 2 unspecified atom stereocenters. The van der Waals surface area contributed by atoms with E-state index in [0.717, 1.165) is 18.4 Å². The summed E-state index contributed by atoms with van der Waals surface area (Å²) in [4.78, 5) is 55.6. The molecule has 0 saturated carbocycles. The Hall–Kier alpha value is -3.31. The van der Waals surface area contributed by atoms with E-state index in [-0.39, 0.29) is 15.1 Å². The highest BCUT2D eigenvalue weighted by molar-refractivity contribution is 7.84. The Morgan fingerprint density at radius 1 is 1.45 bits per heavy atom. The zero-order chi connectivity index (χ0) is 21.9. The normalized spacial score (nSPS) is 19.3. The number of oxime groups is 1. The molecule has 1 aromatic rings. The third kappa shape index (κ3) is 4.76. The van der Waals surface area contributed by atoms with Crippen LogP contribution in [-0.4, -0.2) is 77.5 Å². The number of anilines is 1. The van der Waals surface area contributed by atoms with Crippen molar-refractivity contribution >= 4 is 56.2 Å². The maximum Gasteiger partial charge on any atom is 0.363 e. The molecule has 158 valence electrons. The first-order chi connectivity index (χ1) is 13.5. The van der Waals surface area contributed by atoms with E-state index in [2.05, 4.69) is 25.0 Å². The first-order valence-corrected chi connectivity index (χ1v) is 9.64. The summed E-state index contributed by atoms with van der Waals surface area (Å²) in [5.41, 5.74) is 9.75. The minimum absolute atomic E-state index is 0.0557. The molecule has 1 aliphatic rings. The molecule has 0 spiro atoms. The predicted octanol–water partition coefficient (Wildman–Crippen LogP) is -3.40. The molecule has 0 radical (unpaired) electrons. The Balaban J connectivity index is 2.28. The van der Waals surface area contributed by atoms with E-state index in [4.69, 9.17) is 16.0 Å². The Labute approximate surface area is 166 Å². The van der Waals surface area contributed by atoms with Gasteiger partial charge in [-0.15, -0.1) is 11.3 Å². The summed E-state index contributed by atoms with van der Waals surface area (Å²) in [7, 11) is -4.17. The third-order valence-electron chi connectivity index (χ3n) is 3.37. The number of esters is 1. The summed E-state index contributed by atoms with van der Waals surface area (Å²) >= 11 is 0.939. The molecule has 0 aromatic carbocycles. The second-order valence-electron chi connectivity index (χ2n) is 5.28. The van der Waals surface area contributed by atoms with Gasteiger partial charge in [-0.3, -0.25) is 18.9 Å². The molecule has 1 fully saturated rings. The van der Waals surface area contributed by atoms with Gasteiger partial charge in [0.05, 0.1) is 7.11 Å². The maximum atomic E-state index is 12.5. The topological polar surface area (TPSA) is 234 Å². The van der Waals surface area contributed by atoms with Crippen molar-refractivity contribution in [2.24, 2.45) is 10.9 Å². The van der Waals surface area contributed by atoms with E-state index in [1.165, 1.54) is 5.38 Å². The van der Waals surface area contributed by atoms with E-state index >= 15 is 0 Å². The van der Waals surface area contributed by atoms with Gasteiger partial charge in [-0.05, 0) is 0 Å². The van der Waals surface area contributed by atoms with Crippen molar-refractivity contribution in [3.63, 3.8) is 0 Å². The van der Waals surface area contributed by atoms with Crippen molar-refractivity contribution in [1.29, 1.82) is 0 Å². The largest absolute Gasteiger partial charge is 0.467 e. The lowest BCUT2D eigenvalue weighted by Crippen LogP contribution is -2.74. The van der Waals surface area contributed by atoms with Gasteiger partial charge in [0, 0.05) is 5.38 Å². The molecule has 1 saturated heterocycles. The molecule has 15 nitrogen and oxygen atoms in total. The summed E-state index contributed by atoms with van der Waals surface area (Å²) in [5, 5.41) is 6.86. The number of nitrogens with two attached hydrogens (primary N) is 2. The molecule has 6 N–H and O–H groups in total. The maximum absolute atomic E-state index is 12.5. The number of amides is 3. The van der Waals surface area contributed by atoms with Gasteiger partial charge in [0.2, 0.25) is 0 Å². The highest BCUT2D eigenvalue weighted by Gasteiger charge is 2.58. The summed E-state index contributed by atoms with van der Waals surface area (Å²) in [5.74, 6) is -4.53. The fourth-order valence-corrected chi connectivity index (χ4v) is 3.57. The summed E-state index contributed by atoms with van der Waals surface area (Å²) < 4.78 is 35.9. The molecule has 3 amide bonds.